The van der Waals surface area contributed by atoms with E-state index in [4.69, 9.17) is 0 Å². The van der Waals surface area contributed by atoms with Crippen LogP contribution in [0.4, 0.5) is 13.2 Å². The number of rotatable bonds is 7. The minimum atomic E-state index is -4.88. The summed E-state index contributed by atoms with van der Waals surface area (Å²) in [5.41, 5.74) is -0.933. The van der Waals surface area contributed by atoms with Crippen molar-refractivity contribution in [2.75, 3.05) is 13.1 Å². The number of ether oxygens (including phenoxy) is 1. The van der Waals surface area contributed by atoms with Crippen LogP contribution in [-0.4, -0.2) is 40.7 Å². The Bertz CT molecular complexity index is 1090. The first-order valence-corrected chi connectivity index (χ1v) is 11.2. The first-order valence-electron chi connectivity index (χ1n) is 11.2. The lowest BCUT2D eigenvalue weighted by Crippen LogP contribution is -2.40. The quantitative estimate of drug-likeness (QED) is 0.652. The fourth-order valence-corrected chi connectivity index (χ4v) is 3.88. The van der Waals surface area contributed by atoms with E-state index in [2.05, 4.69) is 10.1 Å². The van der Waals surface area contributed by atoms with Gasteiger partial charge in [-0.25, -0.2) is 0 Å². The molecule has 1 aliphatic rings. The Labute approximate surface area is 195 Å². The molecular weight excluding hydrogens is 451 g/mol. The van der Waals surface area contributed by atoms with Gasteiger partial charge in [0.05, 0.1) is 0 Å². The van der Waals surface area contributed by atoms with Crippen LogP contribution in [-0.2, 0) is 13.1 Å². The fourth-order valence-electron chi connectivity index (χ4n) is 3.88. The molecule has 1 N–H and O–H groups in total. The molecule has 7 nitrogen and oxygen atoms in total. The maximum Gasteiger partial charge on any atom is 0.573 e. The number of alkyl halides is 3. The van der Waals surface area contributed by atoms with Crippen molar-refractivity contribution in [1.82, 2.24) is 14.8 Å². The minimum absolute atomic E-state index is 0.0870. The molecule has 0 saturated carbocycles. The lowest BCUT2D eigenvalue weighted by atomic mass is 10.1. The van der Waals surface area contributed by atoms with Crippen molar-refractivity contribution < 1.29 is 27.5 Å². The first-order chi connectivity index (χ1) is 16.0. The van der Waals surface area contributed by atoms with Gasteiger partial charge in [-0.3, -0.25) is 14.4 Å². The second-order valence-electron chi connectivity index (χ2n) is 8.70. The number of aromatic nitrogens is 1. The zero-order valence-corrected chi connectivity index (χ0v) is 19.2. The van der Waals surface area contributed by atoms with E-state index in [1.54, 1.807) is 9.47 Å². The van der Waals surface area contributed by atoms with Gasteiger partial charge in [0.15, 0.2) is 0 Å². The Balaban J connectivity index is 1.87. The van der Waals surface area contributed by atoms with Gasteiger partial charge in [0.25, 0.3) is 11.8 Å². The van der Waals surface area contributed by atoms with Crippen LogP contribution in [0.3, 0.4) is 0 Å². The minimum Gasteiger partial charge on any atom is -0.405 e. The number of para-hydroxylation sites is 1. The van der Waals surface area contributed by atoms with Gasteiger partial charge in [-0.05, 0) is 31.2 Å². The van der Waals surface area contributed by atoms with E-state index in [0.717, 1.165) is 25.3 Å². The van der Waals surface area contributed by atoms with Crippen molar-refractivity contribution >= 4 is 11.8 Å². The molecule has 1 fully saturated rings. The summed E-state index contributed by atoms with van der Waals surface area (Å²) in [6.07, 6.45) is 0.694. The van der Waals surface area contributed by atoms with Crippen molar-refractivity contribution in [2.24, 2.45) is 5.92 Å². The van der Waals surface area contributed by atoms with Gasteiger partial charge in [0.1, 0.15) is 16.9 Å². The third kappa shape index (κ3) is 6.61. The summed E-state index contributed by atoms with van der Waals surface area (Å²) in [4.78, 5) is 40.7. The molecule has 1 aromatic heterocycles. The second-order valence-corrected chi connectivity index (χ2v) is 8.70. The summed E-state index contributed by atoms with van der Waals surface area (Å²) in [7, 11) is 0. The molecule has 0 atom stereocenters. The Kier molecular flexibility index (Phi) is 8.01. The Morgan fingerprint density at radius 1 is 1.06 bits per heavy atom. The average Bonchev–Trinajstić information content (AvgIpc) is 2.78. The second kappa shape index (κ2) is 10.8. The van der Waals surface area contributed by atoms with Crippen LogP contribution in [0.1, 0.15) is 59.4 Å². The van der Waals surface area contributed by atoms with Crippen molar-refractivity contribution in [3.8, 4) is 5.75 Å². The van der Waals surface area contributed by atoms with Crippen LogP contribution in [0.5, 0.6) is 5.75 Å². The van der Waals surface area contributed by atoms with E-state index >= 15 is 0 Å². The molecule has 0 unspecified atom stereocenters. The summed E-state index contributed by atoms with van der Waals surface area (Å²) in [5.74, 6) is -1.46. The van der Waals surface area contributed by atoms with E-state index in [-0.39, 0.29) is 29.2 Å². The molecule has 184 valence electrons. The number of halogens is 3. The molecule has 2 amide bonds. The number of piperidine rings is 1. The Morgan fingerprint density at radius 3 is 2.35 bits per heavy atom. The highest BCUT2D eigenvalue weighted by Gasteiger charge is 2.32. The zero-order chi connectivity index (χ0) is 24.9. The number of benzene rings is 1. The highest BCUT2D eigenvalue weighted by Crippen LogP contribution is 2.26. The van der Waals surface area contributed by atoms with Crippen LogP contribution in [0.15, 0.2) is 41.5 Å². The number of carbonyl (C=O) groups is 2. The lowest BCUT2D eigenvalue weighted by molar-refractivity contribution is -0.274. The van der Waals surface area contributed by atoms with Crippen molar-refractivity contribution in [3.05, 3.63) is 63.6 Å². The van der Waals surface area contributed by atoms with Gasteiger partial charge in [-0.15, -0.1) is 13.2 Å². The normalized spacial score (nSPS) is 14.2. The number of nitrogens with one attached hydrogen (secondary N) is 1. The monoisotopic (exact) mass is 479 g/mol. The fraction of sp³-hybridized carbons (Fsp3) is 0.458. The predicted octanol–water partition coefficient (Wildman–Crippen LogP) is 3.96. The molecule has 2 heterocycles. The predicted molar refractivity (Wildman–Crippen MR) is 120 cm³/mol. The summed E-state index contributed by atoms with van der Waals surface area (Å²) < 4.78 is 43.7. The molecule has 2 aromatic rings. The first kappa shape index (κ1) is 25.3. The molecule has 0 radical (unpaired) electrons. The van der Waals surface area contributed by atoms with Crippen LogP contribution < -0.4 is 15.5 Å². The standard InChI is InChI=1S/C24H28F3N3O4/c1-16(2)13-29-14-18(21(31)19(15-29)23(33)30-10-6-3-7-11-30)22(32)28-12-17-8-4-5-9-20(17)34-24(25,26)27/h4-5,8-9,14-16H,3,6-7,10-13H2,1-2H3,(H,28,32). The summed E-state index contributed by atoms with van der Waals surface area (Å²) in [6, 6.07) is 5.42. The van der Waals surface area contributed by atoms with E-state index in [1.807, 2.05) is 13.8 Å². The topological polar surface area (TPSA) is 80.6 Å². The number of hydrogen-bond donors (Lipinski definition) is 1. The van der Waals surface area contributed by atoms with Crippen LogP contribution >= 0.6 is 0 Å². The zero-order valence-electron chi connectivity index (χ0n) is 19.2. The summed E-state index contributed by atoms with van der Waals surface area (Å²) >= 11 is 0. The molecular formula is C24H28F3N3O4. The van der Waals surface area contributed by atoms with Gasteiger partial charge < -0.3 is 19.5 Å². The van der Waals surface area contributed by atoms with Crippen molar-refractivity contribution in [1.29, 1.82) is 0 Å². The molecule has 0 bridgehead atoms. The van der Waals surface area contributed by atoms with E-state index < -0.39 is 29.4 Å². The largest absolute Gasteiger partial charge is 0.573 e. The third-order valence-electron chi connectivity index (χ3n) is 5.41. The number of amides is 2. The van der Waals surface area contributed by atoms with Crippen LogP contribution in [0.2, 0.25) is 0 Å². The third-order valence-corrected chi connectivity index (χ3v) is 5.41. The molecule has 1 saturated heterocycles. The molecule has 0 aliphatic carbocycles. The SMILES string of the molecule is CC(C)Cn1cc(C(=O)NCc2ccccc2OC(F)(F)F)c(=O)c(C(=O)N2CCCCC2)c1. The molecule has 1 aromatic carbocycles. The van der Waals surface area contributed by atoms with Gasteiger partial charge in [-0.2, -0.15) is 0 Å². The number of hydrogen-bond acceptors (Lipinski definition) is 4. The van der Waals surface area contributed by atoms with Gasteiger partial charge in [0.2, 0.25) is 5.43 Å². The lowest BCUT2D eigenvalue weighted by Gasteiger charge is -2.27. The van der Waals surface area contributed by atoms with E-state index in [9.17, 15) is 27.6 Å². The number of carbonyl (C=O) groups excluding carboxylic acids is 2. The molecule has 3 rings (SSSR count). The smallest absolute Gasteiger partial charge is 0.405 e. The number of nitrogens with zero attached hydrogens (tertiary/aromatic N) is 2. The maximum atomic E-state index is 13.1. The molecule has 10 heteroatoms. The Morgan fingerprint density at radius 2 is 1.71 bits per heavy atom. The van der Waals surface area contributed by atoms with Gasteiger partial charge >= 0.3 is 6.36 Å². The molecule has 34 heavy (non-hydrogen) atoms. The van der Waals surface area contributed by atoms with Crippen molar-refractivity contribution in [3.63, 3.8) is 0 Å². The van der Waals surface area contributed by atoms with Crippen LogP contribution in [0.25, 0.3) is 0 Å². The highest BCUT2D eigenvalue weighted by molar-refractivity contribution is 5.99. The Hall–Kier alpha value is -3.30. The number of pyridine rings is 1. The summed E-state index contributed by atoms with van der Waals surface area (Å²) in [5, 5.41) is 2.48. The summed E-state index contributed by atoms with van der Waals surface area (Å²) in [6.45, 7) is 5.20. The average molecular weight is 479 g/mol. The molecule has 1 aliphatic heterocycles. The van der Waals surface area contributed by atoms with Gasteiger partial charge in [0, 0.05) is 44.1 Å². The number of likely N-dealkylation sites (tertiary alicyclic amines) is 1. The van der Waals surface area contributed by atoms with E-state index in [1.165, 1.54) is 30.6 Å². The van der Waals surface area contributed by atoms with E-state index in [0.29, 0.717) is 19.6 Å². The highest BCUT2D eigenvalue weighted by atomic mass is 19.4. The molecule has 0 spiro atoms. The maximum absolute atomic E-state index is 13.1. The van der Waals surface area contributed by atoms with Crippen LogP contribution in [0, 0.1) is 5.92 Å². The van der Waals surface area contributed by atoms with Crippen molar-refractivity contribution in [2.45, 2.75) is 52.6 Å². The van der Waals surface area contributed by atoms with Gasteiger partial charge in [-0.1, -0.05) is 32.0 Å².